The maximum absolute atomic E-state index is 9.42. The van der Waals surface area contributed by atoms with E-state index >= 15 is 0 Å². The Balaban J connectivity index is 1.10. The van der Waals surface area contributed by atoms with Crippen molar-refractivity contribution in [1.29, 1.82) is 0 Å². The summed E-state index contributed by atoms with van der Waals surface area (Å²) in [6.45, 7) is 15.5. The van der Waals surface area contributed by atoms with E-state index in [1.54, 1.807) is 0 Å². The molecule has 94 heavy (non-hydrogen) atoms. The van der Waals surface area contributed by atoms with Crippen molar-refractivity contribution in [2.24, 2.45) is 17.8 Å². The monoisotopic (exact) mass is 1480 g/mol. The molecular weight excluding hydrogens is 1340 g/mol. The quantitative estimate of drug-likeness (QED) is 0.0963. The van der Waals surface area contributed by atoms with Gasteiger partial charge in [-0.15, -0.1) is 0 Å². The Morgan fingerprint density at radius 3 is 0.564 bits per heavy atom. The first-order valence-corrected chi connectivity index (χ1v) is 63.8. The molecule has 0 N–H and O–H groups in total. The molecule has 13 rings (SSSR count). The molecule has 540 valence electrons. The lowest BCUT2D eigenvalue weighted by molar-refractivity contribution is -0.0142. The normalized spacial score (nSPS) is 38.0. The predicted octanol–water partition coefficient (Wildman–Crippen LogP) is 23.7. The summed E-state index contributed by atoms with van der Waals surface area (Å²) in [4.78, 5) is 0. The van der Waals surface area contributed by atoms with Gasteiger partial charge in [-0.2, -0.15) is 0 Å². The SMILES string of the molecule is C[Si](C)(CCC1CCCCC1)O[Si]1(C2CCCCC2)O[Si]2(C3CCCCC3)O[Si](O[Si](C)(C)CCC3CCCCC3)(C3CCCCC3)O[Si]3(C4CCCCC4)O[Si](O[Si](C)(C)CCC4CCCCC4)(C4CCCCC4)O[Si](C4CCCCC4)(O1)O[Si](C1CCCCC1)(O2)O3. The van der Waals surface area contributed by atoms with E-state index in [2.05, 4.69) is 39.3 Å². The summed E-state index contributed by atoms with van der Waals surface area (Å²) in [7, 11) is -37.4. The van der Waals surface area contributed by atoms with E-state index in [-0.39, 0.29) is 38.8 Å². The fraction of sp³-hybridized carbons (Fsp3) is 1.00. The van der Waals surface area contributed by atoms with Gasteiger partial charge in [-0.25, -0.2) is 0 Å². The van der Waals surface area contributed by atoms with E-state index in [9.17, 15) is 37.0 Å². The molecule has 12 nitrogen and oxygen atoms in total. The molecule has 10 saturated carbocycles. The third-order valence-electron chi connectivity index (χ3n) is 27.2. The Bertz CT molecular complexity index is 2060. The number of hydrogen-bond donors (Lipinski definition) is 0. The van der Waals surface area contributed by atoms with Crippen LogP contribution in [0, 0.1) is 17.8 Å². The van der Waals surface area contributed by atoms with Gasteiger partial charge < -0.3 is 49.4 Å². The average Bonchev–Trinajstić information content (AvgIpc) is 0.683. The van der Waals surface area contributed by atoms with Gasteiger partial charge in [0.15, 0.2) is 25.0 Å². The molecule has 3 aliphatic heterocycles. The molecule has 13 aliphatic rings. The van der Waals surface area contributed by atoms with Gasteiger partial charge in [-0.3, -0.25) is 0 Å². The Hall–Kier alpha value is 1.69. The molecule has 10 aliphatic carbocycles. The van der Waals surface area contributed by atoms with Crippen molar-refractivity contribution in [3.63, 3.8) is 0 Å². The molecule has 0 amide bonds. The number of hydrogen-bond acceptors (Lipinski definition) is 12. The highest BCUT2D eigenvalue weighted by atomic mass is 28.6. The zero-order chi connectivity index (χ0) is 64.9. The second-order valence-corrected chi connectivity index (χ2v) is 72.2. The van der Waals surface area contributed by atoms with Crippen LogP contribution in [0.3, 0.4) is 0 Å². The lowest BCUT2D eigenvalue weighted by Crippen LogP contribution is -2.86. The molecule has 0 aromatic rings. The van der Waals surface area contributed by atoms with Crippen LogP contribution in [0.2, 0.25) is 96.2 Å². The summed E-state index contributed by atoms with van der Waals surface area (Å²) >= 11 is 0. The predicted molar refractivity (Wildman–Crippen MR) is 402 cm³/mol. The first-order chi connectivity index (χ1) is 45.5. The van der Waals surface area contributed by atoms with Gasteiger partial charge in [-0.05, 0) is 165 Å². The van der Waals surface area contributed by atoms with Crippen LogP contribution in [0.25, 0.3) is 0 Å². The van der Waals surface area contributed by atoms with Crippen molar-refractivity contribution in [3.05, 3.63) is 0 Å². The zero-order valence-electron chi connectivity index (χ0n) is 61.3. The summed E-state index contributed by atoms with van der Waals surface area (Å²) in [6.07, 6.45) is 62.9. The molecule has 0 radical (unpaired) electrons. The number of rotatable bonds is 22. The summed E-state index contributed by atoms with van der Waals surface area (Å²) in [5, 5.41) is 0. The second-order valence-electron chi connectivity index (χ2n) is 36.2. The summed E-state index contributed by atoms with van der Waals surface area (Å²) in [6, 6.07) is 3.31. The minimum atomic E-state index is -4.25. The lowest BCUT2D eigenvalue weighted by Gasteiger charge is -2.64. The molecule has 0 atom stereocenters. The Labute approximate surface area is 586 Å². The van der Waals surface area contributed by atoms with Gasteiger partial charge in [0, 0.05) is 38.8 Å². The molecule has 4 bridgehead atoms. The lowest BCUT2D eigenvalue weighted by atomic mass is 9.88. The van der Waals surface area contributed by atoms with Crippen molar-refractivity contribution < 1.29 is 49.4 Å². The van der Waals surface area contributed by atoms with Crippen LogP contribution in [0.4, 0.5) is 0 Å². The van der Waals surface area contributed by atoms with E-state index < -0.39 is 86.6 Å². The molecule has 13 fully saturated rings. The molecule has 3 saturated heterocycles. The van der Waals surface area contributed by atoms with Crippen molar-refractivity contribution >= 4 is 86.6 Å². The summed E-state index contributed by atoms with van der Waals surface area (Å²) in [5.74, 6) is 2.27. The van der Waals surface area contributed by atoms with E-state index in [1.165, 1.54) is 161 Å². The van der Waals surface area contributed by atoms with Crippen LogP contribution >= 0.6 is 0 Å². The van der Waals surface area contributed by atoms with Gasteiger partial charge in [0.05, 0.1) is 0 Å². The van der Waals surface area contributed by atoms with Crippen molar-refractivity contribution in [1.82, 2.24) is 0 Å². The van der Waals surface area contributed by atoms with Crippen LogP contribution in [0.15, 0.2) is 0 Å². The van der Waals surface area contributed by atoms with Crippen molar-refractivity contribution in [2.75, 3.05) is 0 Å². The Morgan fingerprint density at radius 2 is 0.372 bits per heavy atom. The minimum absolute atomic E-state index is 0.0254. The largest absolute Gasteiger partial charge is 0.482 e. The molecule has 0 unspecified atom stereocenters. The third-order valence-corrected chi connectivity index (χ3v) is 73.2. The minimum Gasteiger partial charge on any atom is -0.416 e. The molecule has 22 heteroatoms. The third kappa shape index (κ3) is 17.6. The van der Waals surface area contributed by atoms with E-state index in [0.717, 1.165) is 216 Å². The van der Waals surface area contributed by atoms with Crippen LogP contribution in [-0.2, 0) is 49.4 Å². The fourth-order valence-electron chi connectivity index (χ4n) is 21.6. The van der Waals surface area contributed by atoms with E-state index in [0.29, 0.717) is 0 Å². The Kier molecular flexibility index (Phi) is 25.7. The van der Waals surface area contributed by atoms with Crippen molar-refractivity contribution in [3.8, 4) is 0 Å². The van der Waals surface area contributed by atoms with Crippen molar-refractivity contribution in [2.45, 2.75) is 437 Å². The van der Waals surface area contributed by atoms with Crippen LogP contribution < -0.4 is 0 Å². The van der Waals surface area contributed by atoms with Crippen LogP contribution in [0.5, 0.6) is 0 Å². The molecule has 3 heterocycles. The van der Waals surface area contributed by atoms with E-state index in [4.69, 9.17) is 12.3 Å². The van der Waals surface area contributed by atoms with Crippen LogP contribution in [0.1, 0.15) is 340 Å². The summed E-state index contributed by atoms with van der Waals surface area (Å²) < 4.78 is 111. The Morgan fingerprint density at radius 1 is 0.213 bits per heavy atom. The van der Waals surface area contributed by atoms with Gasteiger partial charge in [0.2, 0.25) is 0 Å². The first-order valence-electron chi connectivity index (χ1n) is 41.9. The standard InChI is InChI=1S/C72H140O12Si10/c1-85(2,60-57-63-37-17-7-18-38-63)73-88(66-43-23-10-24-44-66)76-91(69-49-29-13-30-50-69)78-89(67-45-25-11-26-46-67,74-86(3,4)61-58-64-39-19-8-20-40-64)80-93(71-53-33-15-34-54-71)81-90(68-47-27-12-28-48-68,75-87(5,6)62-59-65-41-21-9-22-42-65)79-92(77-88,70-51-31-14-32-52-70)83-94(82-91,84-93)72-55-35-16-36-56-72/h63-72H,7-62H2,1-6H3. The number of fused-ring (bicyclic) bond motifs is 3. The molecule has 0 aromatic heterocycles. The van der Waals surface area contributed by atoms with Crippen LogP contribution in [-0.4, -0.2) is 86.6 Å². The highest BCUT2D eigenvalue weighted by Crippen LogP contribution is 2.64. The molecular formula is C72H140O12Si10. The first kappa shape index (κ1) is 74.0. The average molecular weight is 1480 g/mol. The summed E-state index contributed by atoms with van der Waals surface area (Å²) in [5.41, 5.74) is 0.325. The topological polar surface area (TPSA) is 111 Å². The van der Waals surface area contributed by atoms with Gasteiger partial charge in [0.1, 0.15) is 0 Å². The highest BCUT2D eigenvalue weighted by Gasteiger charge is 2.84. The molecule has 0 spiro atoms. The highest BCUT2D eigenvalue weighted by molar-refractivity contribution is 7.02. The smallest absolute Gasteiger partial charge is 0.416 e. The van der Waals surface area contributed by atoms with Gasteiger partial charge in [-0.1, -0.05) is 250 Å². The zero-order valence-corrected chi connectivity index (χ0v) is 71.3. The maximum Gasteiger partial charge on any atom is 0.482 e. The van der Waals surface area contributed by atoms with Gasteiger partial charge >= 0.3 is 61.6 Å². The second kappa shape index (κ2) is 32.6. The maximum atomic E-state index is 9.42. The van der Waals surface area contributed by atoms with Gasteiger partial charge in [0.25, 0.3) is 0 Å². The molecule has 0 aromatic carbocycles. The van der Waals surface area contributed by atoms with E-state index in [1.807, 2.05) is 0 Å². The fourth-order valence-corrected chi connectivity index (χ4v) is 82.8.